The Hall–Kier alpha value is -3.92. The standard InChI is InChI=1S/C24H24N8OS/c1-14(2)22-28-29-30-32(22)19-9-18(24(33)27-11-17-7-5-15(3)25-10-17)13-31-20(12-26-23(19)31)21-8-6-16(4)34-21/h5-10,12-14H,11H2,1-4H3,(H,27,33). The predicted molar refractivity (Wildman–Crippen MR) is 130 cm³/mol. The summed E-state index contributed by atoms with van der Waals surface area (Å²) in [5.74, 6) is 0.586. The van der Waals surface area contributed by atoms with E-state index in [0.29, 0.717) is 29.3 Å². The summed E-state index contributed by atoms with van der Waals surface area (Å²) < 4.78 is 3.60. The minimum absolute atomic E-state index is 0.0935. The molecular formula is C24H24N8OS. The molecule has 172 valence electrons. The van der Waals surface area contributed by atoms with Crippen LogP contribution >= 0.6 is 11.3 Å². The first-order chi connectivity index (χ1) is 16.4. The van der Waals surface area contributed by atoms with Gasteiger partial charge in [-0.05, 0) is 54.1 Å². The van der Waals surface area contributed by atoms with Gasteiger partial charge in [0.2, 0.25) is 0 Å². The van der Waals surface area contributed by atoms with E-state index in [2.05, 4.69) is 49.9 Å². The zero-order valence-electron chi connectivity index (χ0n) is 19.4. The number of thiophene rings is 1. The molecule has 0 fully saturated rings. The van der Waals surface area contributed by atoms with Crippen LogP contribution in [0.1, 0.15) is 52.1 Å². The highest BCUT2D eigenvalue weighted by Crippen LogP contribution is 2.31. The van der Waals surface area contributed by atoms with Crippen molar-refractivity contribution in [1.29, 1.82) is 0 Å². The molecule has 0 aliphatic carbocycles. The molecule has 5 aromatic heterocycles. The molecule has 0 bridgehead atoms. The molecule has 10 heteroatoms. The molecule has 0 aliphatic heterocycles. The van der Waals surface area contributed by atoms with Crippen molar-refractivity contribution < 1.29 is 4.79 Å². The van der Waals surface area contributed by atoms with Crippen molar-refractivity contribution in [2.75, 3.05) is 0 Å². The molecule has 0 atom stereocenters. The van der Waals surface area contributed by atoms with Crippen molar-refractivity contribution >= 4 is 22.9 Å². The van der Waals surface area contributed by atoms with E-state index >= 15 is 0 Å². The Morgan fingerprint density at radius 1 is 1.12 bits per heavy atom. The fourth-order valence-electron chi connectivity index (χ4n) is 3.72. The quantitative estimate of drug-likeness (QED) is 0.399. The molecule has 0 aliphatic rings. The molecule has 1 amide bonds. The van der Waals surface area contributed by atoms with Gasteiger partial charge >= 0.3 is 0 Å². The molecule has 0 saturated heterocycles. The van der Waals surface area contributed by atoms with E-state index in [1.807, 2.05) is 49.7 Å². The summed E-state index contributed by atoms with van der Waals surface area (Å²) in [6.07, 6.45) is 5.41. The Balaban J connectivity index is 1.60. The fourth-order valence-corrected chi connectivity index (χ4v) is 4.59. The average molecular weight is 473 g/mol. The number of carbonyl (C=O) groups excluding carboxylic acids is 1. The Morgan fingerprint density at radius 2 is 1.97 bits per heavy atom. The first-order valence-electron chi connectivity index (χ1n) is 11.0. The molecule has 5 aromatic rings. The van der Waals surface area contributed by atoms with Gasteiger partial charge in [-0.3, -0.25) is 14.2 Å². The van der Waals surface area contributed by atoms with E-state index in [-0.39, 0.29) is 11.8 Å². The summed E-state index contributed by atoms with van der Waals surface area (Å²) in [5, 5.41) is 15.3. The van der Waals surface area contributed by atoms with Gasteiger partial charge in [0.15, 0.2) is 11.5 Å². The van der Waals surface area contributed by atoms with E-state index in [4.69, 9.17) is 0 Å². The van der Waals surface area contributed by atoms with E-state index in [1.165, 1.54) is 4.88 Å². The van der Waals surface area contributed by atoms with Crippen molar-refractivity contribution in [1.82, 2.24) is 39.9 Å². The smallest absolute Gasteiger partial charge is 0.253 e. The SMILES string of the molecule is Cc1ccc(CNC(=O)c2cc(-n3nnnc3C(C)C)c3ncc(-c4ccc(C)s4)n3c2)cn1. The molecule has 0 unspecified atom stereocenters. The topological polar surface area (TPSA) is 103 Å². The van der Waals surface area contributed by atoms with E-state index in [1.54, 1.807) is 28.3 Å². The second kappa shape index (κ2) is 8.79. The number of hydrogen-bond donors (Lipinski definition) is 1. The number of amides is 1. The number of nitrogens with zero attached hydrogens (tertiary/aromatic N) is 7. The molecule has 5 heterocycles. The maximum atomic E-state index is 13.2. The third-order valence-corrected chi connectivity index (χ3v) is 6.53. The molecule has 0 aromatic carbocycles. The van der Waals surface area contributed by atoms with Gasteiger partial charge in [-0.1, -0.05) is 19.9 Å². The summed E-state index contributed by atoms with van der Waals surface area (Å²) in [7, 11) is 0. The second-order valence-corrected chi connectivity index (χ2v) is 9.74. The third-order valence-electron chi connectivity index (χ3n) is 5.51. The zero-order valence-corrected chi connectivity index (χ0v) is 20.2. The summed E-state index contributed by atoms with van der Waals surface area (Å²) in [6, 6.07) is 9.82. The van der Waals surface area contributed by atoms with Crippen LogP contribution in [0.2, 0.25) is 0 Å². The van der Waals surface area contributed by atoms with Crippen molar-refractivity contribution in [3.05, 3.63) is 76.4 Å². The van der Waals surface area contributed by atoms with Gasteiger partial charge in [0.05, 0.1) is 22.3 Å². The predicted octanol–water partition coefficient (Wildman–Crippen LogP) is 4.10. The molecule has 0 saturated carbocycles. The van der Waals surface area contributed by atoms with Crippen LogP contribution in [-0.2, 0) is 6.54 Å². The van der Waals surface area contributed by atoms with Crippen molar-refractivity contribution in [2.24, 2.45) is 0 Å². The van der Waals surface area contributed by atoms with Gasteiger partial charge in [0.25, 0.3) is 5.91 Å². The van der Waals surface area contributed by atoms with Crippen LogP contribution in [0.5, 0.6) is 0 Å². The fraction of sp³-hybridized carbons (Fsp3) is 0.250. The number of carbonyl (C=O) groups is 1. The van der Waals surface area contributed by atoms with Crippen LogP contribution in [0, 0.1) is 13.8 Å². The lowest BCUT2D eigenvalue weighted by Crippen LogP contribution is -2.23. The van der Waals surface area contributed by atoms with Crippen LogP contribution in [0.15, 0.2) is 48.9 Å². The molecule has 0 spiro atoms. The largest absolute Gasteiger partial charge is 0.348 e. The lowest BCUT2D eigenvalue weighted by atomic mass is 10.2. The molecule has 5 rings (SSSR count). The number of hydrogen-bond acceptors (Lipinski definition) is 7. The molecule has 1 N–H and O–H groups in total. The average Bonchev–Trinajstić information content (AvgIpc) is 3.57. The van der Waals surface area contributed by atoms with Gasteiger partial charge in [-0.25, -0.2) is 4.98 Å². The number of tetrazole rings is 1. The number of pyridine rings is 2. The number of aromatic nitrogens is 7. The molecule has 34 heavy (non-hydrogen) atoms. The number of rotatable bonds is 6. The Kier molecular flexibility index (Phi) is 5.66. The highest BCUT2D eigenvalue weighted by Gasteiger charge is 2.20. The van der Waals surface area contributed by atoms with Crippen LogP contribution in [0.4, 0.5) is 0 Å². The summed E-state index contributed by atoms with van der Waals surface area (Å²) in [4.78, 5) is 24.5. The van der Waals surface area contributed by atoms with E-state index in [9.17, 15) is 4.79 Å². The first kappa shape index (κ1) is 21.9. The van der Waals surface area contributed by atoms with Gasteiger partial charge in [-0.15, -0.1) is 16.4 Å². The van der Waals surface area contributed by atoms with Crippen LogP contribution in [0.3, 0.4) is 0 Å². The second-order valence-electron chi connectivity index (χ2n) is 8.46. The minimum Gasteiger partial charge on any atom is -0.348 e. The van der Waals surface area contributed by atoms with Crippen LogP contribution < -0.4 is 5.32 Å². The molecular weight excluding hydrogens is 448 g/mol. The van der Waals surface area contributed by atoms with Crippen molar-refractivity contribution in [3.63, 3.8) is 0 Å². The third kappa shape index (κ3) is 4.08. The van der Waals surface area contributed by atoms with E-state index in [0.717, 1.165) is 21.8 Å². The van der Waals surface area contributed by atoms with E-state index < -0.39 is 0 Å². The normalized spacial score (nSPS) is 11.4. The van der Waals surface area contributed by atoms with Crippen molar-refractivity contribution in [3.8, 4) is 16.3 Å². The van der Waals surface area contributed by atoms with Crippen LogP contribution in [0.25, 0.3) is 21.9 Å². The highest BCUT2D eigenvalue weighted by atomic mass is 32.1. The first-order valence-corrected chi connectivity index (χ1v) is 11.8. The van der Waals surface area contributed by atoms with Crippen molar-refractivity contribution in [2.45, 2.75) is 40.2 Å². The molecule has 0 radical (unpaired) electrons. The summed E-state index contributed by atoms with van der Waals surface area (Å²) in [5.41, 5.74) is 4.59. The molecule has 9 nitrogen and oxygen atoms in total. The van der Waals surface area contributed by atoms with Crippen LogP contribution in [-0.4, -0.2) is 40.5 Å². The Labute approximate surface area is 200 Å². The maximum Gasteiger partial charge on any atom is 0.253 e. The van der Waals surface area contributed by atoms with Gasteiger partial charge in [0, 0.05) is 35.4 Å². The number of nitrogens with one attached hydrogen (secondary N) is 1. The Bertz CT molecular complexity index is 1480. The number of fused-ring (bicyclic) bond motifs is 1. The lowest BCUT2D eigenvalue weighted by Gasteiger charge is -2.12. The zero-order chi connectivity index (χ0) is 23.8. The lowest BCUT2D eigenvalue weighted by molar-refractivity contribution is 0.0950. The van der Waals surface area contributed by atoms with Gasteiger partial charge < -0.3 is 5.32 Å². The summed E-state index contributed by atoms with van der Waals surface area (Å²) in [6.45, 7) is 8.43. The van der Waals surface area contributed by atoms with Gasteiger partial charge in [0.1, 0.15) is 5.69 Å². The number of aryl methyl sites for hydroxylation is 2. The minimum atomic E-state index is -0.204. The monoisotopic (exact) mass is 472 g/mol. The maximum absolute atomic E-state index is 13.2. The highest BCUT2D eigenvalue weighted by molar-refractivity contribution is 7.15. The number of imidazole rings is 1. The van der Waals surface area contributed by atoms with Gasteiger partial charge in [-0.2, -0.15) is 4.68 Å². The summed E-state index contributed by atoms with van der Waals surface area (Å²) >= 11 is 1.68. The Morgan fingerprint density at radius 3 is 2.68 bits per heavy atom.